The van der Waals surface area contributed by atoms with Gasteiger partial charge in [-0.3, -0.25) is 0 Å². The van der Waals surface area contributed by atoms with Crippen LogP contribution in [0.3, 0.4) is 0 Å². The summed E-state index contributed by atoms with van der Waals surface area (Å²) in [5, 5.41) is 12.3. The SMILES string of the molecule is CS(=O)(=O)CCCCCn1c(Sc2nc3c(Cl)cccc3s2)nnc1-c1cccs1. The normalized spacial score (nSPS) is 12.1. The molecule has 0 aliphatic heterocycles. The van der Waals surface area contributed by atoms with E-state index in [0.29, 0.717) is 11.4 Å². The van der Waals surface area contributed by atoms with Gasteiger partial charge in [0.25, 0.3) is 0 Å². The molecule has 0 saturated carbocycles. The lowest BCUT2D eigenvalue weighted by Gasteiger charge is -2.08. The topological polar surface area (TPSA) is 77.7 Å². The van der Waals surface area contributed by atoms with Gasteiger partial charge in [0, 0.05) is 18.6 Å². The van der Waals surface area contributed by atoms with Crippen molar-refractivity contribution in [2.24, 2.45) is 0 Å². The Kier molecular flexibility index (Phi) is 6.78. The van der Waals surface area contributed by atoms with E-state index in [1.165, 1.54) is 18.0 Å². The molecule has 3 aromatic heterocycles. The molecule has 0 atom stereocenters. The summed E-state index contributed by atoms with van der Waals surface area (Å²) in [6.07, 6.45) is 3.62. The number of halogens is 1. The van der Waals surface area contributed by atoms with E-state index in [1.807, 2.05) is 35.7 Å². The molecule has 0 radical (unpaired) electrons. The molecule has 0 fully saturated rings. The van der Waals surface area contributed by atoms with Crippen LogP contribution < -0.4 is 0 Å². The molecule has 4 aromatic rings. The van der Waals surface area contributed by atoms with Gasteiger partial charge in [-0.2, -0.15) is 0 Å². The van der Waals surface area contributed by atoms with Gasteiger partial charge in [-0.1, -0.05) is 30.2 Å². The number of nitrogens with zero attached hydrogens (tertiary/aromatic N) is 4. The Morgan fingerprint density at radius 3 is 2.73 bits per heavy atom. The van der Waals surface area contributed by atoms with Crippen LogP contribution in [-0.2, 0) is 16.4 Å². The largest absolute Gasteiger partial charge is 0.301 e. The highest BCUT2D eigenvalue weighted by molar-refractivity contribution is 8.01. The zero-order valence-corrected chi connectivity index (χ0v) is 20.1. The highest BCUT2D eigenvalue weighted by atomic mass is 35.5. The number of para-hydroxylation sites is 1. The molecule has 0 spiro atoms. The van der Waals surface area contributed by atoms with Crippen LogP contribution >= 0.6 is 46.0 Å². The minimum atomic E-state index is -2.92. The quantitative estimate of drug-likeness (QED) is 0.278. The molecule has 0 amide bonds. The number of fused-ring (bicyclic) bond motifs is 1. The second-order valence-electron chi connectivity index (χ2n) is 6.79. The Hall–Kier alpha value is -1.46. The third kappa shape index (κ3) is 5.23. The second-order valence-corrected chi connectivity index (χ2v) is 12.7. The van der Waals surface area contributed by atoms with E-state index >= 15 is 0 Å². The number of aromatic nitrogens is 4. The number of thiazole rings is 1. The van der Waals surface area contributed by atoms with Crippen LogP contribution in [0.2, 0.25) is 5.02 Å². The molecule has 1 aromatic carbocycles. The van der Waals surface area contributed by atoms with Crippen molar-refractivity contribution in [3.63, 3.8) is 0 Å². The predicted octanol–water partition coefficient (Wildman–Crippen LogP) is 5.64. The van der Waals surface area contributed by atoms with Crippen molar-refractivity contribution in [3.8, 4) is 10.7 Å². The first-order chi connectivity index (χ1) is 14.4. The summed E-state index contributed by atoms with van der Waals surface area (Å²) < 4.78 is 26.7. The molecular weight excluding hydrogens is 480 g/mol. The van der Waals surface area contributed by atoms with E-state index in [0.717, 1.165) is 49.8 Å². The maximum atomic E-state index is 11.3. The van der Waals surface area contributed by atoms with Gasteiger partial charge >= 0.3 is 0 Å². The van der Waals surface area contributed by atoms with Crippen molar-refractivity contribution in [2.75, 3.05) is 12.0 Å². The highest BCUT2D eigenvalue weighted by Gasteiger charge is 2.18. The summed E-state index contributed by atoms with van der Waals surface area (Å²) in [5.74, 6) is 1.05. The van der Waals surface area contributed by atoms with Crippen LogP contribution in [0, 0.1) is 0 Å². The van der Waals surface area contributed by atoms with Gasteiger partial charge < -0.3 is 4.57 Å². The van der Waals surface area contributed by atoms with Crippen LogP contribution in [0.1, 0.15) is 19.3 Å². The van der Waals surface area contributed by atoms with Crippen LogP contribution in [0.15, 0.2) is 45.2 Å². The van der Waals surface area contributed by atoms with Crippen LogP contribution in [0.5, 0.6) is 0 Å². The molecule has 0 aliphatic carbocycles. The molecule has 0 N–H and O–H groups in total. The van der Waals surface area contributed by atoms with Gasteiger partial charge in [0.15, 0.2) is 15.3 Å². The fourth-order valence-corrected chi connectivity index (χ4v) is 6.75. The molecule has 0 bridgehead atoms. The Balaban J connectivity index is 1.55. The van der Waals surface area contributed by atoms with Crippen molar-refractivity contribution in [3.05, 3.63) is 40.7 Å². The molecular formula is C19H19ClN4O2S4. The second kappa shape index (κ2) is 9.35. The maximum Gasteiger partial charge on any atom is 0.198 e. The van der Waals surface area contributed by atoms with Crippen LogP contribution in [0.25, 0.3) is 20.9 Å². The van der Waals surface area contributed by atoms with Crippen molar-refractivity contribution in [1.29, 1.82) is 0 Å². The van der Waals surface area contributed by atoms with Gasteiger partial charge in [-0.05, 0) is 48.2 Å². The van der Waals surface area contributed by atoms with Crippen molar-refractivity contribution < 1.29 is 8.42 Å². The first-order valence-corrected chi connectivity index (χ1v) is 14.2. The first kappa shape index (κ1) is 21.8. The van der Waals surface area contributed by atoms with Crippen molar-refractivity contribution >= 4 is 66.1 Å². The van der Waals surface area contributed by atoms with E-state index in [-0.39, 0.29) is 5.75 Å². The molecule has 6 nitrogen and oxygen atoms in total. The average Bonchev–Trinajstić information content (AvgIpc) is 3.41. The number of hydrogen-bond acceptors (Lipinski definition) is 8. The Morgan fingerprint density at radius 2 is 2.00 bits per heavy atom. The predicted molar refractivity (Wildman–Crippen MR) is 126 cm³/mol. The Labute approximate surface area is 192 Å². The van der Waals surface area contributed by atoms with Gasteiger partial charge in [0.2, 0.25) is 0 Å². The fourth-order valence-electron chi connectivity index (χ4n) is 2.98. The third-order valence-corrected chi connectivity index (χ3v) is 8.65. The molecule has 0 saturated heterocycles. The number of benzene rings is 1. The van der Waals surface area contributed by atoms with Crippen molar-refractivity contribution in [1.82, 2.24) is 19.7 Å². The zero-order valence-electron chi connectivity index (χ0n) is 16.1. The molecule has 11 heteroatoms. The monoisotopic (exact) mass is 498 g/mol. The van der Waals surface area contributed by atoms with Gasteiger partial charge in [-0.25, -0.2) is 13.4 Å². The van der Waals surface area contributed by atoms with E-state index in [2.05, 4.69) is 19.7 Å². The average molecular weight is 499 g/mol. The van der Waals surface area contributed by atoms with E-state index in [1.54, 1.807) is 22.7 Å². The first-order valence-electron chi connectivity index (χ1n) is 9.28. The molecule has 4 rings (SSSR count). The molecule has 30 heavy (non-hydrogen) atoms. The lowest BCUT2D eigenvalue weighted by Crippen LogP contribution is -2.05. The van der Waals surface area contributed by atoms with Crippen LogP contribution in [0.4, 0.5) is 0 Å². The maximum absolute atomic E-state index is 11.3. The minimum absolute atomic E-state index is 0.223. The molecule has 3 heterocycles. The van der Waals surface area contributed by atoms with E-state index < -0.39 is 9.84 Å². The fraction of sp³-hybridized carbons (Fsp3) is 0.316. The summed E-state index contributed by atoms with van der Waals surface area (Å²) in [5.41, 5.74) is 0.803. The van der Waals surface area contributed by atoms with Gasteiger partial charge in [0.1, 0.15) is 15.4 Å². The third-order valence-electron chi connectivity index (χ3n) is 4.38. The molecule has 158 valence electrons. The Bertz CT molecular complexity index is 1250. The minimum Gasteiger partial charge on any atom is -0.301 e. The van der Waals surface area contributed by atoms with Crippen LogP contribution in [-0.4, -0.2) is 40.2 Å². The summed E-state index contributed by atoms with van der Waals surface area (Å²) in [6, 6.07) is 9.79. The number of hydrogen-bond donors (Lipinski definition) is 0. The highest BCUT2D eigenvalue weighted by Crippen LogP contribution is 2.37. The standard InChI is InChI=1S/C19H19ClN4O2S4/c1-30(25,26)12-4-2-3-10-24-17(15-9-6-11-27-15)22-23-18(24)29-19-21-16-13(20)7-5-8-14(16)28-19/h5-9,11H,2-4,10,12H2,1H3. The smallest absolute Gasteiger partial charge is 0.198 e. The number of unbranched alkanes of at least 4 members (excludes halogenated alkanes) is 2. The lowest BCUT2D eigenvalue weighted by molar-refractivity contribution is 0.563. The number of rotatable bonds is 9. The molecule has 0 unspecified atom stereocenters. The Morgan fingerprint density at radius 1 is 1.13 bits per heavy atom. The summed E-state index contributed by atoms with van der Waals surface area (Å²) in [4.78, 5) is 5.72. The van der Waals surface area contributed by atoms with E-state index in [9.17, 15) is 8.42 Å². The van der Waals surface area contributed by atoms with Gasteiger partial charge in [0.05, 0.1) is 14.6 Å². The number of thiophene rings is 1. The van der Waals surface area contributed by atoms with Gasteiger partial charge in [-0.15, -0.1) is 32.9 Å². The van der Waals surface area contributed by atoms with Crippen molar-refractivity contribution in [2.45, 2.75) is 35.3 Å². The zero-order chi connectivity index (χ0) is 21.1. The molecule has 0 aliphatic rings. The summed E-state index contributed by atoms with van der Waals surface area (Å²) >= 11 is 10.9. The summed E-state index contributed by atoms with van der Waals surface area (Å²) in [6.45, 7) is 0.720. The lowest BCUT2D eigenvalue weighted by atomic mass is 10.2. The number of sulfone groups is 1. The van der Waals surface area contributed by atoms with E-state index in [4.69, 9.17) is 11.6 Å². The summed E-state index contributed by atoms with van der Waals surface area (Å²) in [7, 11) is -2.92.